The fourth-order valence-electron chi connectivity index (χ4n) is 2.08. The molecule has 0 aliphatic heterocycles. The zero-order chi connectivity index (χ0) is 14.3. The smallest absolute Gasteiger partial charge is 0.0499 e. The van der Waals surface area contributed by atoms with Gasteiger partial charge in [-0.15, -0.1) is 0 Å². The lowest BCUT2D eigenvalue weighted by molar-refractivity contribution is 0.113. The van der Waals surface area contributed by atoms with Crippen LogP contribution in [0.3, 0.4) is 0 Å². The quantitative estimate of drug-likeness (QED) is 0.713. The molecule has 0 saturated carbocycles. The molecule has 1 rings (SSSR count). The van der Waals surface area contributed by atoms with Crippen molar-refractivity contribution in [2.75, 3.05) is 19.7 Å². The molecule has 0 aromatic heterocycles. The minimum absolute atomic E-state index is 0.00376. The molecule has 1 aromatic rings. The average molecular weight is 304 g/mol. The van der Waals surface area contributed by atoms with E-state index in [9.17, 15) is 5.11 Å². The van der Waals surface area contributed by atoms with E-state index < -0.39 is 0 Å². The summed E-state index contributed by atoms with van der Waals surface area (Å²) in [6.07, 6.45) is 2.83. The third kappa shape index (κ3) is 4.96. The Morgan fingerprint density at radius 1 is 1.21 bits per heavy atom. The van der Waals surface area contributed by atoms with Crippen molar-refractivity contribution >= 4 is 23.2 Å². The minimum Gasteiger partial charge on any atom is -0.396 e. The van der Waals surface area contributed by atoms with Crippen molar-refractivity contribution in [3.05, 3.63) is 33.8 Å². The Kier molecular flexibility index (Phi) is 7.16. The van der Waals surface area contributed by atoms with Crippen LogP contribution in [0.15, 0.2) is 18.2 Å². The van der Waals surface area contributed by atoms with Gasteiger partial charge in [-0.2, -0.15) is 0 Å². The van der Waals surface area contributed by atoms with Crippen LogP contribution in [0.4, 0.5) is 0 Å². The molecule has 108 valence electrons. The number of benzene rings is 1. The fraction of sp³-hybridized carbons (Fsp3) is 0.600. The number of halogens is 2. The maximum absolute atomic E-state index is 9.49. The summed E-state index contributed by atoms with van der Waals surface area (Å²) < 4.78 is 0. The molecule has 0 bridgehead atoms. The number of aliphatic hydroxyl groups excluding tert-OH is 1. The third-order valence-corrected chi connectivity index (χ3v) is 4.51. The zero-order valence-electron chi connectivity index (χ0n) is 11.7. The molecular weight excluding hydrogens is 281 g/mol. The van der Waals surface area contributed by atoms with Crippen LogP contribution in [-0.4, -0.2) is 24.8 Å². The normalized spacial score (nSPS) is 11.8. The number of aliphatic hydroxyl groups is 1. The van der Waals surface area contributed by atoms with E-state index in [4.69, 9.17) is 23.2 Å². The molecule has 0 heterocycles. The Morgan fingerprint density at radius 2 is 1.89 bits per heavy atom. The number of hydrogen-bond acceptors (Lipinski definition) is 2. The van der Waals surface area contributed by atoms with Gasteiger partial charge in [0.2, 0.25) is 0 Å². The second-order valence-electron chi connectivity index (χ2n) is 5.03. The first-order valence-corrected chi connectivity index (χ1v) is 7.58. The fourth-order valence-corrected chi connectivity index (χ4v) is 2.58. The van der Waals surface area contributed by atoms with E-state index in [2.05, 4.69) is 19.2 Å². The summed E-state index contributed by atoms with van der Waals surface area (Å²) in [5.74, 6) is 0. The molecule has 0 fully saturated rings. The maximum Gasteiger partial charge on any atom is 0.0499 e. The molecule has 0 atom stereocenters. The number of rotatable bonds is 8. The number of hydrogen-bond donors (Lipinski definition) is 2. The first-order chi connectivity index (χ1) is 9.06. The van der Waals surface area contributed by atoms with Gasteiger partial charge in [-0.1, -0.05) is 43.1 Å². The van der Waals surface area contributed by atoms with Crippen molar-refractivity contribution < 1.29 is 5.11 Å². The van der Waals surface area contributed by atoms with Gasteiger partial charge in [0, 0.05) is 28.6 Å². The summed E-state index contributed by atoms with van der Waals surface area (Å²) in [4.78, 5) is 0. The molecule has 0 aliphatic rings. The predicted molar refractivity (Wildman–Crippen MR) is 83.1 cm³/mol. The van der Waals surface area contributed by atoms with Crippen LogP contribution in [0.1, 0.15) is 32.3 Å². The molecule has 0 radical (unpaired) electrons. The Morgan fingerprint density at radius 3 is 2.42 bits per heavy atom. The van der Waals surface area contributed by atoms with Crippen molar-refractivity contribution in [3.8, 4) is 0 Å². The first kappa shape index (κ1) is 16.8. The molecule has 1 aromatic carbocycles. The van der Waals surface area contributed by atoms with E-state index >= 15 is 0 Å². The van der Waals surface area contributed by atoms with E-state index in [-0.39, 0.29) is 12.0 Å². The molecule has 2 N–H and O–H groups in total. The highest BCUT2D eigenvalue weighted by Gasteiger charge is 2.24. The summed E-state index contributed by atoms with van der Waals surface area (Å²) >= 11 is 12.0. The van der Waals surface area contributed by atoms with Crippen molar-refractivity contribution in [2.24, 2.45) is 5.41 Å². The highest BCUT2D eigenvalue weighted by atomic mass is 35.5. The maximum atomic E-state index is 9.49. The molecule has 0 unspecified atom stereocenters. The third-order valence-electron chi connectivity index (χ3n) is 3.92. The summed E-state index contributed by atoms with van der Waals surface area (Å²) in [6.45, 7) is 6.16. The van der Waals surface area contributed by atoms with Crippen LogP contribution in [0.2, 0.25) is 10.0 Å². The summed E-state index contributed by atoms with van der Waals surface area (Å²) in [5, 5.41) is 14.3. The largest absolute Gasteiger partial charge is 0.396 e. The van der Waals surface area contributed by atoms with Crippen LogP contribution in [-0.2, 0) is 6.42 Å². The highest BCUT2D eigenvalue weighted by molar-refractivity contribution is 6.35. The predicted octanol–water partition coefficient (Wildman–Crippen LogP) is 3.92. The van der Waals surface area contributed by atoms with E-state index in [0.29, 0.717) is 10.0 Å². The van der Waals surface area contributed by atoms with E-state index in [0.717, 1.165) is 37.9 Å². The van der Waals surface area contributed by atoms with Crippen molar-refractivity contribution in [1.29, 1.82) is 0 Å². The lowest BCUT2D eigenvalue weighted by Gasteiger charge is -2.29. The Balaban J connectivity index is 2.42. The highest BCUT2D eigenvalue weighted by Crippen LogP contribution is 2.24. The SMILES string of the molecule is CCC(CC)(CO)CNCCc1ccc(Cl)cc1Cl. The van der Waals surface area contributed by atoms with Gasteiger partial charge < -0.3 is 10.4 Å². The van der Waals surface area contributed by atoms with Gasteiger partial charge in [-0.25, -0.2) is 0 Å². The first-order valence-electron chi connectivity index (χ1n) is 6.82. The monoisotopic (exact) mass is 303 g/mol. The molecular formula is C15H23Cl2NO. The van der Waals surface area contributed by atoms with Crippen LogP contribution in [0.25, 0.3) is 0 Å². The molecule has 0 spiro atoms. The van der Waals surface area contributed by atoms with Crippen molar-refractivity contribution in [2.45, 2.75) is 33.1 Å². The van der Waals surface area contributed by atoms with Gasteiger partial charge >= 0.3 is 0 Å². The molecule has 0 amide bonds. The lowest BCUT2D eigenvalue weighted by Crippen LogP contribution is -2.37. The molecule has 4 heteroatoms. The van der Waals surface area contributed by atoms with Crippen LogP contribution >= 0.6 is 23.2 Å². The zero-order valence-corrected chi connectivity index (χ0v) is 13.2. The topological polar surface area (TPSA) is 32.3 Å². The second-order valence-corrected chi connectivity index (χ2v) is 5.87. The van der Waals surface area contributed by atoms with Gasteiger partial charge in [0.25, 0.3) is 0 Å². The molecule has 19 heavy (non-hydrogen) atoms. The summed E-state index contributed by atoms with van der Waals surface area (Å²) in [6, 6.07) is 5.60. The second kappa shape index (κ2) is 8.11. The van der Waals surface area contributed by atoms with Crippen molar-refractivity contribution in [1.82, 2.24) is 5.32 Å². The molecule has 0 saturated heterocycles. The van der Waals surface area contributed by atoms with Crippen LogP contribution in [0, 0.1) is 5.41 Å². The van der Waals surface area contributed by atoms with E-state index in [1.54, 1.807) is 6.07 Å². The molecule has 2 nitrogen and oxygen atoms in total. The van der Waals surface area contributed by atoms with Gasteiger partial charge in [-0.3, -0.25) is 0 Å². The summed E-state index contributed by atoms with van der Waals surface area (Å²) in [5.41, 5.74) is 1.10. The minimum atomic E-state index is 0.00376. The lowest BCUT2D eigenvalue weighted by atomic mass is 9.83. The van der Waals surface area contributed by atoms with Gasteiger partial charge in [0.05, 0.1) is 0 Å². The summed E-state index contributed by atoms with van der Waals surface area (Å²) in [7, 11) is 0. The Hall–Kier alpha value is -0.280. The van der Waals surface area contributed by atoms with Crippen molar-refractivity contribution in [3.63, 3.8) is 0 Å². The standard InChI is InChI=1S/C15H23Cl2NO/c1-3-15(4-2,11-19)10-18-8-7-12-5-6-13(16)9-14(12)17/h5-6,9,18-19H,3-4,7-8,10-11H2,1-2H3. The van der Waals surface area contributed by atoms with Gasteiger partial charge in [0.1, 0.15) is 0 Å². The van der Waals surface area contributed by atoms with Gasteiger partial charge in [0.15, 0.2) is 0 Å². The number of nitrogens with one attached hydrogen (secondary N) is 1. The van der Waals surface area contributed by atoms with E-state index in [1.165, 1.54) is 0 Å². The Labute approximate surface area is 126 Å². The molecule has 0 aliphatic carbocycles. The average Bonchev–Trinajstić information content (AvgIpc) is 2.42. The van der Waals surface area contributed by atoms with Crippen LogP contribution < -0.4 is 5.32 Å². The van der Waals surface area contributed by atoms with E-state index in [1.807, 2.05) is 12.1 Å². The van der Waals surface area contributed by atoms with Crippen LogP contribution in [0.5, 0.6) is 0 Å². The van der Waals surface area contributed by atoms with Gasteiger partial charge in [-0.05, 0) is 43.5 Å². The Bertz CT molecular complexity index is 383.